The number of aromatic nitrogens is 3. The van der Waals surface area contributed by atoms with Gasteiger partial charge in [0.2, 0.25) is 0 Å². The highest BCUT2D eigenvalue weighted by Gasteiger charge is 2.26. The molecule has 0 saturated heterocycles. The summed E-state index contributed by atoms with van der Waals surface area (Å²) in [5, 5.41) is 8.16. The molecule has 0 amide bonds. The van der Waals surface area contributed by atoms with E-state index in [9.17, 15) is 4.39 Å². The Labute approximate surface area is 99.3 Å². The van der Waals surface area contributed by atoms with Crippen molar-refractivity contribution in [1.29, 1.82) is 0 Å². The Bertz CT molecular complexity index is 543. The summed E-state index contributed by atoms with van der Waals surface area (Å²) in [6, 6.07) is 5.21. The SMILES string of the molecule is CCc1ccc(-n2cc(C3CC3)nn2)cc1F. The lowest BCUT2D eigenvalue weighted by atomic mass is 10.1. The van der Waals surface area contributed by atoms with Crippen molar-refractivity contribution in [2.75, 3.05) is 0 Å². The molecule has 3 rings (SSSR count). The summed E-state index contributed by atoms with van der Waals surface area (Å²) in [6.07, 6.45) is 5.00. The molecule has 2 aromatic rings. The lowest BCUT2D eigenvalue weighted by Crippen LogP contribution is -1.97. The average Bonchev–Trinajstić information content (AvgIpc) is 3.07. The first-order valence-corrected chi connectivity index (χ1v) is 5.99. The molecule has 1 saturated carbocycles. The third kappa shape index (κ3) is 1.95. The van der Waals surface area contributed by atoms with Gasteiger partial charge in [-0.05, 0) is 37.0 Å². The van der Waals surface area contributed by atoms with Crippen molar-refractivity contribution in [2.24, 2.45) is 0 Å². The van der Waals surface area contributed by atoms with Crippen LogP contribution in [0.15, 0.2) is 24.4 Å². The Hall–Kier alpha value is -1.71. The highest BCUT2D eigenvalue weighted by molar-refractivity contribution is 5.35. The standard InChI is InChI=1S/C13H14FN3/c1-2-9-5-6-11(7-12(9)14)17-8-13(15-16-17)10-3-4-10/h5-8,10H,2-4H2,1H3. The van der Waals surface area contributed by atoms with E-state index in [1.807, 2.05) is 25.3 Å². The normalized spacial score (nSPS) is 15.2. The molecule has 1 aliphatic rings. The van der Waals surface area contributed by atoms with E-state index in [0.29, 0.717) is 12.3 Å². The van der Waals surface area contributed by atoms with Gasteiger partial charge in [-0.15, -0.1) is 5.10 Å². The van der Waals surface area contributed by atoms with Gasteiger partial charge in [-0.1, -0.05) is 18.2 Å². The average molecular weight is 231 g/mol. The maximum absolute atomic E-state index is 13.7. The van der Waals surface area contributed by atoms with Crippen molar-refractivity contribution in [3.8, 4) is 5.69 Å². The summed E-state index contributed by atoms with van der Waals surface area (Å²) in [5.74, 6) is 0.400. The Kier molecular flexibility index (Phi) is 2.42. The Balaban J connectivity index is 1.93. The molecule has 17 heavy (non-hydrogen) atoms. The molecule has 0 aliphatic heterocycles. The predicted octanol–water partition coefficient (Wildman–Crippen LogP) is 2.85. The third-order valence-corrected chi connectivity index (χ3v) is 3.19. The van der Waals surface area contributed by atoms with Crippen molar-refractivity contribution < 1.29 is 4.39 Å². The van der Waals surface area contributed by atoms with Crippen molar-refractivity contribution in [3.05, 3.63) is 41.5 Å². The van der Waals surface area contributed by atoms with Gasteiger partial charge >= 0.3 is 0 Å². The zero-order valence-corrected chi connectivity index (χ0v) is 9.73. The van der Waals surface area contributed by atoms with Crippen molar-refractivity contribution in [2.45, 2.75) is 32.1 Å². The summed E-state index contributed by atoms with van der Waals surface area (Å²) in [7, 11) is 0. The van der Waals surface area contributed by atoms with Gasteiger partial charge < -0.3 is 0 Å². The van der Waals surface area contributed by atoms with Crippen LogP contribution in [0.5, 0.6) is 0 Å². The number of hydrogen-bond donors (Lipinski definition) is 0. The lowest BCUT2D eigenvalue weighted by Gasteiger charge is -2.03. The van der Waals surface area contributed by atoms with Crippen LogP contribution in [0, 0.1) is 5.82 Å². The molecule has 0 atom stereocenters. The third-order valence-electron chi connectivity index (χ3n) is 3.19. The van der Waals surface area contributed by atoms with Gasteiger partial charge in [0.05, 0.1) is 17.6 Å². The smallest absolute Gasteiger partial charge is 0.128 e. The first kappa shape index (κ1) is 10.4. The van der Waals surface area contributed by atoms with Crippen LogP contribution in [-0.4, -0.2) is 15.0 Å². The minimum Gasteiger partial charge on any atom is -0.220 e. The van der Waals surface area contributed by atoms with E-state index in [1.54, 1.807) is 4.68 Å². The van der Waals surface area contributed by atoms with Crippen LogP contribution in [0.25, 0.3) is 5.69 Å². The topological polar surface area (TPSA) is 30.7 Å². The molecule has 0 N–H and O–H groups in total. The molecule has 88 valence electrons. The summed E-state index contributed by atoms with van der Waals surface area (Å²) in [4.78, 5) is 0. The van der Waals surface area contributed by atoms with Gasteiger partial charge in [-0.25, -0.2) is 9.07 Å². The summed E-state index contributed by atoms with van der Waals surface area (Å²) in [6.45, 7) is 1.94. The van der Waals surface area contributed by atoms with E-state index >= 15 is 0 Å². The molecular formula is C13H14FN3. The number of rotatable bonds is 3. The summed E-state index contributed by atoms with van der Waals surface area (Å²) in [5.41, 5.74) is 2.49. The molecule has 1 aromatic carbocycles. The van der Waals surface area contributed by atoms with Gasteiger partial charge in [-0.3, -0.25) is 0 Å². The van der Waals surface area contributed by atoms with Gasteiger partial charge in [0.25, 0.3) is 0 Å². The molecule has 3 nitrogen and oxygen atoms in total. The van der Waals surface area contributed by atoms with E-state index in [2.05, 4.69) is 10.3 Å². The van der Waals surface area contributed by atoms with Gasteiger partial charge in [0, 0.05) is 5.92 Å². The lowest BCUT2D eigenvalue weighted by molar-refractivity contribution is 0.609. The molecule has 0 radical (unpaired) electrons. The number of nitrogens with zero attached hydrogens (tertiary/aromatic N) is 3. The molecule has 4 heteroatoms. The molecule has 1 heterocycles. The molecule has 0 bridgehead atoms. The van der Waals surface area contributed by atoms with Crippen LogP contribution in [0.1, 0.15) is 36.9 Å². The first-order chi connectivity index (χ1) is 8.28. The van der Waals surface area contributed by atoms with Gasteiger partial charge in [0.1, 0.15) is 5.82 Å². The molecule has 1 fully saturated rings. The molecule has 1 aliphatic carbocycles. The monoisotopic (exact) mass is 231 g/mol. The van der Waals surface area contributed by atoms with Crippen molar-refractivity contribution >= 4 is 0 Å². The maximum Gasteiger partial charge on any atom is 0.128 e. The summed E-state index contributed by atoms with van der Waals surface area (Å²) >= 11 is 0. The minimum atomic E-state index is -0.173. The number of benzene rings is 1. The highest BCUT2D eigenvalue weighted by Crippen LogP contribution is 2.38. The van der Waals surface area contributed by atoms with Crippen LogP contribution in [0.4, 0.5) is 4.39 Å². The largest absolute Gasteiger partial charge is 0.220 e. The molecule has 0 unspecified atom stereocenters. The minimum absolute atomic E-state index is 0.173. The van der Waals surface area contributed by atoms with Crippen LogP contribution < -0.4 is 0 Å². The number of halogens is 1. The number of hydrogen-bond acceptors (Lipinski definition) is 2. The Morgan fingerprint density at radius 2 is 2.24 bits per heavy atom. The first-order valence-electron chi connectivity index (χ1n) is 5.99. The highest BCUT2D eigenvalue weighted by atomic mass is 19.1. The molecule has 0 spiro atoms. The second kappa shape index (κ2) is 3.95. The Morgan fingerprint density at radius 3 is 2.88 bits per heavy atom. The second-order valence-corrected chi connectivity index (χ2v) is 4.49. The summed E-state index contributed by atoms with van der Waals surface area (Å²) < 4.78 is 15.3. The zero-order chi connectivity index (χ0) is 11.8. The van der Waals surface area contributed by atoms with E-state index in [-0.39, 0.29) is 5.82 Å². The van der Waals surface area contributed by atoms with Crippen molar-refractivity contribution in [3.63, 3.8) is 0 Å². The van der Waals surface area contributed by atoms with Crippen molar-refractivity contribution in [1.82, 2.24) is 15.0 Å². The second-order valence-electron chi connectivity index (χ2n) is 4.49. The fourth-order valence-corrected chi connectivity index (χ4v) is 1.93. The van der Waals surface area contributed by atoms with E-state index in [4.69, 9.17) is 0 Å². The quantitative estimate of drug-likeness (QED) is 0.813. The fraction of sp³-hybridized carbons (Fsp3) is 0.385. The zero-order valence-electron chi connectivity index (χ0n) is 9.73. The van der Waals surface area contributed by atoms with E-state index < -0.39 is 0 Å². The maximum atomic E-state index is 13.7. The van der Waals surface area contributed by atoms with E-state index in [0.717, 1.165) is 16.9 Å². The molecular weight excluding hydrogens is 217 g/mol. The van der Waals surface area contributed by atoms with E-state index in [1.165, 1.54) is 18.9 Å². The van der Waals surface area contributed by atoms with Crippen LogP contribution >= 0.6 is 0 Å². The fourth-order valence-electron chi connectivity index (χ4n) is 1.93. The predicted molar refractivity (Wildman–Crippen MR) is 62.7 cm³/mol. The van der Waals surface area contributed by atoms with Crippen LogP contribution in [-0.2, 0) is 6.42 Å². The van der Waals surface area contributed by atoms with Crippen LogP contribution in [0.3, 0.4) is 0 Å². The molecule has 1 aromatic heterocycles. The van der Waals surface area contributed by atoms with Crippen LogP contribution in [0.2, 0.25) is 0 Å². The Morgan fingerprint density at radius 1 is 1.41 bits per heavy atom. The number of aryl methyl sites for hydroxylation is 1. The van der Waals surface area contributed by atoms with Gasteiger partial charge in [0.15, 0.2) is 0 Å². The van der Waals surface area contributed by atoms with Gasteiger partial charge in [-0.2, -0.15) is 0 Å².